The second-order valence-electron chi connectivity index (χ2n) is 5.14. The summed E-state index contributed by atoms with van der Waals surface area (Å²) >= 11 is 0. The Bertz CT molecular complexity index is 571. The van der Waals surface area contributed by atoms with Crippen molar-refractivity contribution in [3.63, 3.8) is 0 Å². The van der Waals surface area contributed by atoms with Crippen LogP contribution in [-0.2, 0) is 14.3 Å². The maximum Gasteiger partial charge on any atom is 0.338 e. The van der Waals surface area contributed by atoms with Crippen LogP contribution >= 0.6 is 0 Å². The number of nitrogens with one attached hydrogen (secondary N) is 2. The van der Waals surface area contributed by atoms with Gasteiger partial charge in [-0.25, -0.2) is 14.4 Å². The molecule has 1 aromatic rings. The first-order valence-corrected chi connectivity index (χ1v) is 7.31. The zero-order valence-corrected chi connectivity index (χ0v) is 13.7. The molecule has 1 aromatic carbocycles. The Hall–Kier alpha value is -2.57. The lowest BCUT2D eigenvalue weighted by Crippen LogP contribution is -2.46. The van der Waals surface area contributed by atoms with Gasteiger partial charge in [0.2, 0.25) is 0 Å². The Morgan fingerprint density at radius 2 is 1.91 bits per heavy atom. The van der Waals surface area contributed by atoms with Crippen molar-refractivity contribution in [3.05, 3.63) is 29.8 Å². The summed E-state index contributed by atoms with van der Waals surface area (Å²) in [5.41, 5.74) is 0.749. The molecule has 2 amide bonds. The molecular weight excluding hydrogens is 300 g/mol. The number of rotatable bonds is 6. The van der Waals surface area contributed by atoms with Crippen molar-refractivity contribution >= 4 is 23.7 Å². The van der Waals surface area contributed by atoms with Gasteiger partial charge in [0.05, 0.1) is 19.3 Å². The van der Waals surface area contributed by atoms with Crippen LogP contribution in [-0.4, -0.2) is 37.7 Å². The number of urea groups is 1. The van der Waals surface area contributed by atoms with E-state index in [0.29, 0.717) is 11.3 Å². The lowest BCUT2D eigenvalue weighted by Gasteiger charge is -2.20. The number of esters is 2. The number of carbonyl (C=O) groups is 3. The molecule has 0 radical (unpaired) electrons. The zero-order chi connectivity index (χ0) is 17.4. The molecule has 7 heteroatoms. The normalized spacial score (nSPS) is 11.5. The first kappa shape index (κ1) is 18.5. The van der Waals surface area contributed by atoms with Crippen LogP contribution in [0.1, 0.15) is 31.1 Å². The van der Waals surface area contributed by atoms with Crippen LogP contribution in [0.5, 0.6) is 0 Å². The van der Waals surface area contributed by atoms with Gasteiger partial charge in [0, 0.05) is 5.69 Å². The number of methoxy groups -OCH3 is 1. The quantitative estimate of drug-likeness (QED) is 0.783. The fraction of sp³-hybridized carbons (Fsp3) is 0.438. The summed E-state index contributed by atoms with van der Waals surface area (Å²) in [5, 5.41) is 5.13. The molecule has 0 aliphatic carbocycles. The lowest BCUT2D eigenvalue weighted by atomic mass is 10.1. The Labute approximate surface area is 135 Å². The minimum Gasteiger partial charge on any atom is -0.467 e. The molecule has 23 heavy (non-hydrogen) atoms. The number of carbonyl (C=O) groups excluding carboxylic acids is 3. The fourth-order valence-corrected chi connectivity index (χ4v) is 1.87. The predicted octanol–water partition coefficient (Wildman–Crippen LogP) is 2.18. The summed E-state index contributed by atoms with van der Waals surface area (Å²) in [6.07, 6.45) is 0. The lowest BCUT2D eigenvalue weighted by molar-refractivity contribution is -0.143. The van der Waals surface area contributed by atoms with E-state index in [9.17, 15) is 14.4 Å². The first-order chi connectivity index (χ1) is 10.9. The summed E-state index contributed by atoms with van der Waals surface area (Å²) < 4.78 is 9.56. The highest BCUT2D eigenvalue weighted by Gasteiger charge is 2.24. The van der Waals surface area contributed by atoms with E-state index in [-0.39, 0.29) is 12.5 Å². The van der Waals surface area contributed by atoms with Crippen LogP contribution in [0.15, 0.2) is 24.3 Å². The summed E-state index contributed by atoms with van der Waals surface area (Å²) in [5.74, 6) is -1.11. The molecule has 1 rings (SSSR count). The van der Waals surface area contributed by atoms with E-state index in [4.69, 9.17) is 4.74 Å². The van der Waals surface area contributed by atoms with Gasteiger partial charge < -0.3 is 20.1 Å². The molecule has 126 valence electrons. The van der Waals surface area contributed by atoms with Crippen molar-refractivity contribution < 1.29 is 23.9 Å². The third-order valence-electron chi connectivity index (χ3n) is 3.04. The molecule has 0 aliphatic rings. The molecule has 0 saturated heterocycles. The van der Waals surface area contributed by atoms with E-state index in [1.807, 2.05) is 0 Å². The molecule has 7 nitrogen and oxygen atoms in total. The summed E-state index contributed by atoms with van der Waals surface area (Å²) in [6.45, 7) is 5.57. The highest BCUT2D eigenvalue weighted by atomic mass is 16.5. The van der Waals surface area contributed by atoms with Gasteiger partial charge in [-0.05, 0) is 31.0 Å². The third kappa shape index (κ3) is 5.61. The van der Waals surface area contributed by atoms with Crippen molar-refractivity contribution in [3.8, 4) is 0 Å². The maximum absolute atomic E-state index is 12.0. The molecule has 0 bridgehead atoms. The van der Waals surface area contributed by atoms with E-state index in [1.54, 1.807) is 39.0 Å². The van der Waals surface area contributed by atoms with Gasteiger partial charge in [-0.1, -0.05) is 19.9 Å². The summed E-state index contributed by atoms with van der Waals surface area (Å²) in [6, 6.07) is 5.03. The first-order valence-electron chi connectivity index (χ1n) is 7.31. The number of amides is 2. The van der Waals surface area contributed by atoms with Crippen molar-refractivity contribution in [2.24, 2.45) is 5.92 Å². The van der Waals surface area contributed by atoms with Crippen LogP contribution in [0.2, 0.25) is 0 Å². The number of hydrogen-bond donors (Lipinski definition) is 2. The Kier molecular flexibility index (Phi) is 7.05. The summed E-state index contributed by atoms with van der Waals surface area (Å²) in [7, 11) is 1.26. The van der Waals surface area contributed by atoms with Crippen LogP contribution < -0.4 is 10.6 Å². The minimum atomic E-state index is -0.756. The average Bonchev–Trinajstić information content (AvgIpc) is 2.52. The highest BCUT2D eigenvalue weighted by molar-refractivity contribution is 5.95. The Balaban J connectivity index is 2.75. The topological polar surface area (TPSA) is 93.7 Å². The van der Waals surface area contributed by atoms with Crippen molar-refractivity contribution in [2.75, 3.05) is 19.0 Å². The highest BCUT2D eigenvalue weighted by Crippen LogP contribution is 2.12. The third-order valence-corrected chi connectivity index (χ3v) is 3.04. The number of anilines is 1. The smallest absolute Gasteiger partial charge is 0.338 e. The number of benzene rings is 1. The van der Waals surface area contributed by atoms with Gasteiger partial charge >= 0.3 is 18.0 Å². The number of hydrogen-bond acceptors (Lipinski definition) is 5. The van der Waals surface area contributed by atoms with Gasteiger partial charge in [-0.15, -0.1) is 0 Å². The van der Waals surface area contributed by atoms with Gasteiger partial charge in [0.25, 0.3) is 0 Å². The second kappa shape index (κ2) is 8.77. The van der Waals surface area contributed by atoms with Gasteiger partial charge in [0.1, 0.15) is 6.04 Å². The molecule has 0 heterocycles. The molecule has 0 spiro atoms. The number of ether oxygens (including phenoxy) is 2. The monoisotopic (exact) mass is 322 g/mol. The predicted molar refractivity (Wildman–Crippen MR) is 85.2 cm³/mol. The molecule has 0 aromatic heterocycles. The van der Waals surface area contributed by atoms with E-state index < -0.39 is 24.0 Å². The van der Waals surface area contributed by atoms with Crippen LogP contribution in [0.4, 0.5) is 10.5 Å². The zero-order valence-electron chi connectivity index (χ0n) is 13.7. The molecule has 0 unspecified atom stereocenters. The van der Waals surface area contributed by atoms with E-state index >= 15 is 0 Å². The van der Waals surface area contributed by atoms with E-state index in [2.05, 4.69) is 15.4 Å². The fourth-order valence-electron chi connectivity index (χ4n) is 1.87. The standard InChI is InChI=1S/C16H22N2O5/c1-5-23-14(19)11-7-6-8-12(9-11)17-16(21)18-13(10(2)3)15(20)22-4/h6-10,13H,5H2,1-4H3,(H2,17,18,21)/t13-/m0/s1. The summed E-state index contributed by atoms with van der Waals surface area (Å²) in [4.78, 5) is 35.3. The van der Waals surface area contributed by atoms with Crippen molar-refractivity contribution in [2.45, 2.75) is 26.8 Å². The second-order valence-corrected chi connectivity index (χ2v) is 5.14. The molecule has 0 fully saturated rings. The molecule has 2 N–H and O–H groups in total. The Morgan fingerprint density at radius 3 is 2.48 bits per heavy atom. The minimum absolute atomic E-state index is 0.126. The van der Waals surface area contributed by atoms with Crippen molar-refractivity contribution in [1.82, 2.24) is 5.32 Å². The molecule has 0 aliphatic heterocycles. The van der Waals surface area contributed by atoms with E-state index in [1.165, 1.54) is 13.2 Å². The van der Waals surface area contributed by atoms with Gasteiger partial charge in [-0.2, -0.15) is 0 Å². The SMILES string of the molecule is CCOC(=O)c1cccc(NC(=O)N[C@H](C(=O)OC)C(C)C)c1. The maximum atomic E-state index is 12.0. The molecule has 1 atom stereocenters. The van der Waals surface area contributed by atoms with Crippen LogP contribution in [0.25, 0.3) is 0 Å². The Morgan fingerprint density at radius 1 is 1.22 bits per heavy atom. The average molecular weight is 322 g/mol. The van der Waals surface area contributed by atoms with Crippen LogP contribution in [0.3, 0.4) is 0 Å². The van der Waals surface area contributed by atoms with Gasteiger partial charge in [0.15, 0.2) is 0 Å². The largest absolute Gasteiger partial charge is 0.467 e. The van der Waals surface area contributed by atoms with E-state index in [0.717, 1.165) is 0 Å². The molecule has 0 saturated carbocycles. The van der Waals surface area contributed by atoms with Crippen molar-refractivity contribution in [1.29, 1.82) is 0 Å². The van der Waals surface area contributed by atoms with Gasteiger partial charge in [-0.3, -0.25) is 0 Å². The molecular formula is C16H22N2O5. The van der Waals surface area contributed by atoms with Crippen LogP contribution in [0, 0.1) is 5.92 Å².